The number of hydrogen-bond donors (Lipinski definition) is 1. The van der Waals surface area contributed by atoms with E-state index in [0.29, 0.717) is 29.5 Å². The van der Waals surface area contributed by atoms with Crippen LogP contribution in [0.25, 0.3) is 11.0 Å². The molecule has 1 N–H and O–H groups in total. The molecular formula is C18H16ClNO4. The Kier molecular flexibility index (Phi) is 4.91. The van der Waals surface area contributed by atoms with Gasteiger partial charge in [-0.1, -0.05) is 11.6 Å². The van der Waals surface area contributed by atoms with Crippen molar-refractivity contribution in [3.05, 3.63) is 59.3 Å². The fourth-order valence-corrected chi connectivity index (χ4v) is 2.40. The maximum atomic E-state index is 12.1. The number of fused-ring (bicyclic) bond motifs is 1. The number of hydrogen-bond acceptors (Lipinski definition) is 4. The van der Waals surface area contributed by atoms with Crippen molar-refractivity contribution in [2.75, 3.05) is 20.3 Å². The molecule has 124 valence electrons. The van der Waals surface area contributed by atoms with E-state index < -0.39 is 0 Å². The first-order valence-corrected chi connectivity index (χ1v) is 7.77. The summed E-state index contributed by atoms with van der Waals surface area (Å²) in [7, 11) is 1.61. The monoisotopic (exact) mass is 345 g/mol. The number of nitrogens with one attached hydrogen (secondary N) is 1. The van der Waals surface area contributed by atoms with Gasteiger partial charge in [-0.15, -0.1) is 0 Å². The van der Waals surface area contributed by atoms with Crippen LogP contribution in [0.2, 0.25) is 5.02 Å². The van der Waals surface area contributed by atoms with E-state index in [1.54, 1.807) is 31.4 Å². The minimum Gasteiger partial charge on any atom is -0.497 e. The molecule has 0 aliphatic heterocycles. The van der Waals surface area contributed by atoms with Crippen LogP contribution in [0.3, 0.4) is 0 Å². The molecule has 0 saturated heterocycles. The molecule has 0 spiro atoms. The van der Waals surface area contributed by atoms with Gasteiger partial charge in [-0.25, -0.2) is 0 Å². The van der Waals surface area contributed by atoms with Crippen molar-refractivity contribution in [1.82, 2.24) is 5.32 Å². The van der Waals surface area contributed by atoms with Crippen molar-refractivity contribution >= 4 is 28.5 Å². The van der Waals surface area contributed by atoms with E-state index in [1.165, 1.54) is 0 Å². The number of carbonyl (C=O) groups excluding carboxylic acids is 1. The molecule has 3 aromatic rings. The average Bonchev–Trinajstić information content (AvgIpc) is 3.02. The van der Waals surface area contributed by atoms with Gasteiger partial charge in [0, 0.05) is 10.4 Å². The lowest BCUT2D eigenvalue weighted by molar-refractivity contribution is 0.0921. The third-order valence-electron chi connectivity index (χ3n) is 3.42. The molecule has 0 radical (unpaired) electrons. The van der Waals surface area contributed by atoms with Crippen LogP contribution in [-0.4, -0.2) is 26.2 Å². The highest BCUT2D eigenvalue weighted by Gasteiger charge is 2.12. The first-order valence-electron chi connectivity index (χ1n) is 7.40. The fourth-order valence-electron chi connectivity index (χ4n) is 2.22. The van der Waals surface area contributed by atoms with Gasteiger partial charge >= 0.3 is 0 Å². The van der Waals surface area contributed by atoms with E-state index in [4.69, 9.17) is 25.5 Å². The molecule has 1 aromatic heterocycles. The van der Waals surface area contributed by atoms with Crippen LogP contribution in [0.4, 0.5) is 0 Å². The molecule has 0 bridgehead atoms. The zero-order chi connectivity index (χ0) is 16.9. The molecule has 0 aliphatic carbocycles. The summed E-state index contributed by atoms with van der Waals surface area (Å²) in [5.41, 5.74) is 0.624. The van der Waals surface area contributed by atoms with Crippen LogP contribution < -0.4 is 14.8 Å². The van der Waals surface area contributed by atoms with Gasteiger partial charge < -0.3 is 19.2 Å². The Labute approximate surface area is 144 Å². The molecule has 24 heavy (non-hydrogen) atoms. The molecule has 0 saturated carbocycles. The van der Waals surface area contributed by atoms with Gasteiger partial charge in [0.2, 0.25) is 0 Å². The van der Waals surface area contributed by atoms with Crippen LogP contribution in [0.5, 0.6) is 11.5 Å². The number of halogens is 1. The Hall–Kier alpha value is -2.66. The Balaban J connectivity index is 1.51. The number of benzene rings is 2. The molecule has 0 fully saturated rings. The lowest BCUT2D eigenvalue weighted by Crippen LogP contribution is -2.27. The van der Waals surface area contributed by atoms with Crippen LogP contribution in [-0.2, 0) is 0 Å². The topological polar surface area (TPSA) is 60.7 Å². The second kappa shape index (κ2) is 7.27. The Morgan fingerprint density at radius 1 is 1.12 bits per heavy atom. The highest BCUT2D eigenvalue weighted by atomic mass is 35.5. The number of carbonyl (C=O) groups is 1. The van der Waals surface area contributed by atoms with Gasteiger partial charge in [0.05, 0.1) is 13.7 Å². The van der Waals surface area contributed by atoms with Crippen molar-refractivity contribution in [2.24, 2.45) is 0 Å². The van der Waals surface area contributed by atoms with E-state index in [-0.39, 0.29) is 11.7 Å². The van der Waals surface area contributed by atoms with Crippen molar-refractivity contribution in [1.29, 1.82) is 0 Å². The maximum Gasteiger partial charge on any atom is 0.287 e. The first kappa shape index (κ1) is 16.2. The standard InChI is InChI=1S/C18H16ClNO4/c1-22-14-3-5-15(6-4-14)23-9-8-20-18(21)17-11-12-10-13(19)2-7-16(12)24-17/h2-7,10-11H,8-9H2,1H3,(H,20,21). The van der Waals surface area contributed by atoms with Gasteiger partial charge in [0.1, 0.15) is 23.7 Å². The number of methoxy groups -OCH3 is 1. The van der Waals surface area contributed by atoms with Crippen LogP contribution in [0, 0.1) is 0 Å². The number of furan rings is 1. The lowest BCUT2D eigenvalue weighted by atomic mass is 10.2. The molecule has 0 atom stereocenters. The summed E-state index contributed by atoms with van der Waals surface area (Å²) in [5, 5.41) is 4.15. The van der Waals surface area contributed by atoms with Crippen molar-refractivity contribution in [2.45, 2.75) is 0 Å². The maximum absolute atomic E-state index is 12.1. The Bertz CT molecular complexity index is 842. The van der Waals surface area contributed by atoms with E-state index in [2.05, 4.69) is 5.32 Å². The number of ether oxygens (including phenoxy) is 2. The minimum atomic E-state index is -0.291. The molecule has 5 nitrogen and oxygen atoms in total. The summed E-state index contributed by atoms with van der Waals surface area (Å²) in [4.78, 5) is 12.1. The summed E-state index contributed by atoms with van der Waals surface area (Å²) < 4.78 is 16.1. The second-order valence-corrected chi connectivity index (χ2v) is 5.51. The number of rotatable bonds is 6. The molecule has 0 unspecified atom stereocenters. The Morgan fingerprint density at radius 2 is 1.88 bits per heavy atom. The van der Waals surface area contributed by atoms with Crippen LogP contribution in [0.1, 0.15) is 10.6 Å². The summed E-state index contributed by atoms with van der Waals surface area (Å²) >= 11 is 5.92. The highest BCUT2D eigenvalue weighted by Crippen LogP contribution is 2.23. The summed E-state index contributed by atoms with van der Waals surface area (Å²) in [6.45, 7) is 0.715. The molecule has 0 aliphatic rings. The molecule has 1 heterocycles. The van der Waals surface area contributed by atoms with Crippen molar-refractivity contribution in [3.8, 4) is 11.5 Å². The zero-order valence-electron chi connectivity index (χ0n) is 13.0. The summed E-state index contributed by atoms with van der Waals surface area (Å²) in [5.74, 6) is 1.43. The van der Waals surface area contributed by atoms with Gasteiger partial charge in [0.15, 0.2) is 5.76 Å². The van der Waals surface area contributed by atoms with Gasteiger partial charge in [-0.3, -0.25) is 4.79 Å². The summed E-state index contributed by atoms with van der Waals surface area (Å²) in [6.07, 6.45) is 0. The first-order chi connectivity index (χ1) is 11.7. The predicted molar refractivity (Wildman–Crippen MR) is 92.0 cm³/mol. The fraction of sp³-hybridized carbons (Fsp3) is 0.167. The smallest absolute Gasteiger partial charge is 0.287 e. The highest BCUT2D eigenvalue weighted by molar-refractivity contribution is 6.31. The van der Waals surface area contributed by atoms with Crippen molar-refractivity contribution < 1.29 is 18.7 Å². The van der Waals surface area contributed by atoms with Gasteiger partial charge in [-0.05, 0) is 48.5 Å². The lowest BCUT2D eigenvalue weighted by Gasteiger charge is -2.07. The largest absolute Gasteiger partial charge is 0.497 e. The summed E-state index contributed by atoms with van der Waals surface area (Å²) in [6, 6.07) is 14.1. The third-order valence-corrected chi connectivity index (χ3v) is 3.65. The average molecular weight is 346 g/mol. The molecule has 1 amide bonds. The van der Waals surface area contributed by atoms with E-state index in [1.807, 2.05) is 24.3 Å². The molecule has 3 rings (SSSR count). The number of amides is 1. The normalized spacial score (nSPS) is 10.6. The third kappa shape index (κ3) is 3.81. The minimum absolute atomic E-state index is 0.247. The van der Waals surface area contributed by atoms with Crippen LogP contribution >= 0.6 is 11.6 Å². The Morgan fingerprint density at radius 3 is 2.62 bits per heavy atom. The molecule has 2 aromatic carbocycles. The quantitative estimate of drug-likeness (QED) is 0.688. The van der Waals surface area contributed by atoms with E-state index >= 15 is 0 Å². The van der Waals surface area contributed by atoms with Crippen molar-refractivity contribution in [3.63, 3.8) is 0 Å². The molecule has 6 heteroatoms. The molecular weight excluding hydrogens is 330 g/mol. The van der Waals surface area contributed by atoms with Gasteiger partial charge in [-0.2, -0.15) is 0 Å². The van der Waals surface area contributed by atoms with Gasteiger partial charge in [0.25, 0.3) is 5.91 Å². The second-order valence-electron chi connectivity index (χ2n) is 5.07. The van der Waals surface area contributed by atoms with E-state index in [9.17, 15) is 4.79 Å². The SMILES string of the molecule is COc1ccc(OCCNC(=O)c2cc3cc(Cl)ccc3o2)cc1. The van der Waals surface area contributed by atoms with E-state index in [0.717, 1.165) is 11.1 Å². The predicted octanol–water partition coefficient (Wildman–Crippen LogP) is 3.90. The van der Waals surface area contributed by atoms with Crippen LogP contribution in [0.15, 0.2) is 52.9 Å². The zero-order valence-corrected chi connectivity index (χ0v) is 13.8.